The van der Waals surface area contributed by atoms with Gasteiger partial charge in [-0.05, 0) is 49.2 Å². The number of aromatic nitrogens is 1. The monoisotopic (exact) mass is 375 g/mol. The van der Waals surface area contributed by atoms with Gasteiger partial charge in [0.25, 0.3) is 5.91 Å². The first kappa shape index (κ1) is 18.4. The van der Waals surface area contributed by atoms with E-state index in [1.165, 1.54) is 44.1 Å². The van der Waals surface area contributed by atoms with Gasteiger partial charge >= 0.3 is 0 Å². The van der Waals surface area contributed by atoms with Crippen LogP contribution in [0.15, 0.2) is 59.5 Å². The highest BCUT2D eigenvalue weighted by Gasteiger charge is 2.13. The summed E-state index contributed by atoms with van der Waals surface area (Å²) in [5.74, 6) is -0.357. The van der Waals surface area contributed by atoms with E-state index >= 15 is 0 Å². The van der Waals surface area contributed by atoms with Crippen molar-refractivity contribution >= 4 is 16.8 Å². The van der Waals surface area contributed by atoms with Gasteiger partial charge in [0.15, 0.2) is 0 Å². The topological polar surface area (TPSA) is 65.2 Å². The van der Waals surface area contributed by atoms with Gasteiger partial charge in [0, 0.05) is 30.2 Å². The summed E-state index contributed by atoms with van der Waals surface area (Å²) < 4.78 is 0. The van der Waals surface area contributed by atoms with E-state index < -0.39 is 0 Å². The molecule has 1 amide bonds. The lowest BCUT2D eigenvalue weighted by atomic mass is 10.1. The van der Waals surface area contributed by atoms with Crippen LogP contribution in [0.4, 0.5) is 0 Å². The first-order chi connectivity index (χ1) is 13.7. The lowest BCUT2D eigenvalue weighted by Gasteiger charge is -2.26. The summed E-state index contributed by atoms with van der Waals surface area (Å²) in [6.07, 6.45) is 5.41. The number of nitrogens with zero attached hydrogens (tertiary/aromatic N) is 1. The normalized spacial score (nSPS) is 14.9. The average Bonchev–Trinajstić information content (AvgIpc) is 2.74. The molecule has 0 unspecified atom stereocenters. The molecule has 3 aromatic rings. The molecule has 0 saturated carbocycles. The predicted molar refractivity (Wildman–Crippen MR) is 111 cm³/mol. The highest BCUT2D eigenvalue weighted by molar-refractivity contribution is 5.97. The number of nitrogens with one attached hydrogen (secondary N) is 2. The van der Waals surface area contributed by atoms with Crippen molar-refractivity contribution < 1.29 is 4.79 Å². The van der Waals surface area contributed by atoms with Crippen molar-refractivity contribution in [1.82, 2.24) is 15.2 Å². The Morgan fingerprint density at radius 3 is 2.46 bits per heavy atom. The van der Waals surface area contributed by atoms with E-state index in [-0.39, 0.29) is 16.9 Å². The smallest absolute Gasteiger partial charge is 0.257 e. The number of hydrogen-bond donors (Lipinski definition) is 2. The fourth-order valence-electron chi connectivity index (χ4n) is 3.75. The Labute approximate surface area is 164 Å². The first-order valence-electron chi connectivity index (χ1n) is 9.89. The lowest BCUT2D eigenvalue weighted by Crippen LogP contribution is -2.29. The van der Waals surface area contributed by atoms with Crippen molar-refractivity contribution in [3.05, 3.63) is 81.6 Å². The van der Waals surface area contributed by atoms with Crippen LogP contribution in [0.3, 0.4) is 0 Å². The summed E-state index contributed by atoms with van der Waals surface area (Å²) in [4.78, 5) is 30.5. The van der Waals surface area contributed by atoms with Gasteiger partial charge < -0.3 is 10.3 Å². The molecule has 1 aliphatic rings. The summed E-state index contributed by atoms with van der Waals surface area (Å²) in [6, 6.07) is 15.5. The number of para-hydroxylation sites is 1. The van der Waals surface area contributed by atoms with E-state index in [0.29, 0.717) is 11.9 Å². The van der Waals surface area contributed by atoms with Crippen molar-refractivity contribution in [2.45, 2.75) is 32.4 Å². The molecule has 0 aliphatic carbocycles. The Bertz CT molecular complexity index is 1020. The minimum atomic E-state index is -0.357. The highest BCUT2D eigenvalue weighted by atomic mass is 16.2. The molecule has 144 valence electrons. The minimum absolute atomic E-state index is 0.139. The number of H-pyrrole nitrogens is 1. The van der Waals surface area contributed by atoms with E-state index in [4.69, 9.17) is 0 Å². The molecule has 0 atom stereocenters. The van der Waals surface area contributed by atoms with E-state index in [1.54, 1.807) is 12.1 Å². The summed E-state index contributed by atoms with van der Waals surface area (Å²) in [6.45, 7) is 3.74. The molecule has 5 heteroatoms. The second-order valence-electron chi connectivity index (χ2n) is 7.41. The van der Waals surface area contributed by atoms with Crippen LogP contribution in [-0.2, 0) is 13.1 Å². The minimum Gasteiger partial charge on any atom is -0.360 e. The molecule has 2 aromatic carbocycles. The van der Waals surface area contributed by atoms with Crippen LogP contribution < -0.4 is 10.7 Å². The fraction of sp³-hybridized carbons (Fsp3) is 0.304. The van der Waals surface area contributed by atoms with Crippen LogP contribution in [0.25, 0.3) is 10.9 Å². The number of amides is 1. The second kappa shape index (κ2) is 8.40. The number of carbonyl (C=O) groups excluding carboxylic acids is 1. The molecule has 4 rings (SSSR count). The Morgan fingerprint density at radius 2 is 1.68 bits per heavy atom. The Kier molecular flexibility index (Phi) is 5.53. The van der Waals surface area contributed by atoms with Gasteiger partial charge in [0.05, 0.1) is 0 Å². The molecule has 5 nitrogen and oxygen atoms in total. The summed E-state index contributed by atoms with van der Waals surface area (Å²) >= 11 is 0. The van der Waals surface area contributed by atoms with Gasteiger partial charge in [-0.25, -0.2) is 0 Å². The molecule has 2 heterocycles. The Hall–Kier alpha value is -2.92. The fourth-order valence-corrected chi connectivity index (χ4v) is 3.75. The van der Waals surface area contributed by atoms with Gasteiger partial charge in [0.1, 0.15) is 5.56 Å². The zero-order valence-electron chi connectivity index (χ0n) is 15.9. The number of aromatic amines is 1. The maximum absolute atomic E-state index is 12.5. The molecular formula is C23H25N3O2. The van der Waals surface area contributed by atoms with Crippen LogP contribution in [0, 0.1) is 0 Å². The summed E-state index contributed by atoms with van der Waals surface area (Å²) in [5, 5.41) is 3.38. The number of benzene rings is 2. The Morgan fingerprint density at radius 1 is 0.964 bits per heavy atom. The molecule has 0 radical (unpaired) electrons. The molecule has 1 saturated heterocycles. The third-order valence-corrected chi connectivity index (χ3v) is 5.36. The Balaban J connectivity index is 1.38. The molecule has 28 heavy (non-hydrogen) atoms. The van der Waals surface area contributed by atoms with Gasteiger partial charge in [-0.1, -0.05) is 42.8 Å². The predicted octanol–water partition coefficient (Wildman–Crippen LogP) is 3.44. The number of hydrogen-bond acceptors (Lipinski definition) is 3. The second-order valence-corrected chi connectivity index (χ2v) is 7.41. The van der Waals surface area contributed by atoms with Gasteiger partial charge in [-0.15, -0.1) is 0 Å². The van der Waals surface area contributed by atoms with Crippen LogP contribution >= 0.6 is 0 Å². The average molecular weight is 375 g/mol. The number of carbonyl (C=O) groups is 1. The van der Waals surface area contributed by atoms with Gasteiger partial charge in [-0.2, -0.15) is 0 Å². The molecule has 0 bridgehead atoms. The number of likely N-dealkylation sites (tertiary alicyclic amines) is 1. The molecule has 2 N–H and O–H groups in total. The SMILES string of the molecule is O=C(NCc1ccc(CN2CCCCC2)cc1)c1c[nH]c2ccccc2c1=O. The molecule has 1 aliphatic heterocycles. The third kappa shape index (κ3) is 4.15. The largest absolute Gasteiger partial charge is 0.360 e. The van der Waals surface area contributed by atoms with Crippen molar-refractivity contribution in [2.75, 3.05) is 13.1 Å². The summed E-state index contributed by atoms with van der Waals surface area (Å²) in [5.41, 5.74) is 2.94. The van der Waals surface area contributed by atoms with Crippen molar-refractivity contribution in [2.24, 2.45) is 0 Å². The molecule has 1 aromatic heterocycles. The quantitative estimate of drug-likeness (QED) is 0.718. The standard InChI is InChI=1S/C23H25N3O2/c27-22-19-6-2-3-7-21(19)24-15-20(22)23(28)25-14-17-8-10-18(11-9-17)16-26-12-4-1-5-13-26/h2-3,6-11,15H,1,4-5,12-14,16H2,(H,24,27)(H,25,28). The van der Waals surface area contributed by atoms with Crippen LogP contribution in [0.1, 0.15) is 40.7 Å². The van der Waals surface area contributed by atoms with E-state index in [2.05, 4.69) is 27.3 Å². The van der Waals surface area contributed by atoms with Crippen LogP contribution in [-0.4, -0.2) is 28.9 Å². The zero-order valence-corrected chi connectivity index (χ0v) is 15.9. The van der Waals surface area contributed by atoms with Gasteiger partial charge in [-0.3, -0.25) is 14.5 Å². The lowest BCUT2D eigenvalue weighted by molar-refractivity contribution is 0.0949. The highest BCUT2D eigenvalue weighted by Crippen LogP contribution is 2.14. The number of pyridine rings is 1. The van der Waals surface area contributed by atoms with Crippen LogP contribution in [0.2, 0.25) is 0 Å². The molecular weight excluding hydrogens is 350 g/mol. The van der Waals surface area contributed by atoms with Crippen molar-refractivity contribution in [3.8, 4) is 0 Å². The van der Waals surface area contributed by atoms with E-state index in [9.17, 15) is 9.59 Å². The third-order valence-electron chi connectivity index (χ3n) is 5.36. The van der Waals surface area contributed by atoms with E-state index in [0.717, 1.165) is 17.6 Å². The number of fused-ring (bicyclic) bond motifs is 1. The maximum atomic E-state index is 12.5. The first-order valence-corrected chi connectivity index (χ1v) is 9.89. The number of rotatable bonds is 5. The van der Waals surface area contributed by atoms with Crippen LogP contribution in [0.5, 0.6) is 0 Å². The van der Waals surface area contributed by atoms with Crippen molar-refractivity contribution in [1.29, 1.82) is 0 Å². The zero-order chi connectivity index (χ0) is 19.3. The van der Waals surface area contributed by atoms with Gasteiger partial charge in [0.2, 0.25) is 5.43 Å². The molecule has 0 spiro atoms. The number of piperidine rings is 1. The van der Waals surface area contributed by atoms with E-state index in [1.807, 2.05) is 24.3 Å². The summed E-state index contributed by atoms with van der Waals surface area (Å²) in [7, 11) is 0. The maximum Gasteiger partial charge on any atom is 0.257 e. The molecule has 1 fully saturated rings. The van der Waals surface area contributed by atoms with Crippen molar-refractivity contribution in [3.63, 3.8) is 0 Å².